The second-order valence-electron chi connectivity index (χ2n) is 3.59. The maximum atomic E-state index is 10.8. The molecular weight excluding hydrogens is 214 g/mol. The largest absolute Gasteiger partial charge is 0.466 e. The predicted octanol–water partition coefficient (Wildman–Crippen LogP) is 2.14. The van der Waals surface area contributed by atoms with Crippen LogP contribution in [0.3, 0.4) is 0 Å². The second kappa shape index (κ2) is 5.25. The first-order chi connectivity index (χ1) is 8.31. The molecule has 0 saturated heterocycles. The molecule has 17 heavy (non-hydrogen) atoms. The Bertz CT molecular complexity index is 486. The van der Waals surface area contributed by atoms with Gasteiger partial charge in [-0.15, -0.1) is 0 Å². The summed E-state index contributed by atoms with van der Waals surface area (Å²) in [4.78, 5) is 15.1. The third kappa shape index (κ3) is 3.14. The monoisotopic (exact) mass is 227 g/mol. The summed E-state index contributed by atoms with van der Waals surface area (Å²) in [5, 5.41) is 0. The molecule has 0 aromatic heterocycles. The van der Waals surface area contributed by atoms with Crippen molar-refractivity contribution in [1.82, 2.24) is 0 Å². The van der Waals surface area contributed by atoms with E-state index in [1.54, 1.807) is 12.2 Å². The number of hydrogen-bond donors (Lipinski definition) is 0. The van der Waals surface area contributed by atoms with E-state index in [4.69, 9.17) is 0 Å². The third-order valence-electron chi connectivity index (χ3n) is 2.40. The highest BCUT2D eigenvalue weighted by molar-refractivity contribution is 6.14. The van der Waals surface area contributed by atoms with Crippen LogP contribution in [0.25, 0.3) is 0 Å². The highest BCUT2D eigenvalue weighted by Gasteiger charge is 2.25. The lowest BCUT2D eigenvalue weighted by Gasteiger charge is -1.90. The molecular formula is C14H13NO2. The molecule has 1 aromatic rings. The van der Waals surface area contributed by atoms with Crippen molar-refractivity contribution < 1.29 is 9.53 Å². The molecule has 0 radical (unpaired) electrons. The second-order valence-corrected chi connectivity index (χ2v) is 3.59. The van der Waals surface area contributed by atoms with E-state index in [1.807, 2.05) is 36.4 Å². The Hall–Kier alpha value is -2.16. The maximum absolute atomic E-state index is 10.8. The number of ether oxygens (including phenoxy) is 1. The van der Waals surface area contributed by atoms with E-state index in [1.165, 1.54) is 13.2 Å². The van der Waals surface area contributed by atoms with Crippen molar-refractivity contribution in [2.75, 3.05) is 7.11 Å². The predicted molar refractivity (Wildman–Crippen MR) is 67.1 cm³/mol. The maximum Gasteiger partial charge on any atom is 0.330 e. The number of hydrogen-bond acceptors (Lipinski definition) is 3. The number of benzene rings is 1. The lowest BCUT2D eigenvalue weighted by Crippen LogP contribution is -1.95. The van der Waals surface area contributed by atoms with Gasteiger partial charge in [0.2, 0.25) is 0 Å². The third-order valence-corrected chi connectivity index (χ3v) is 2.40. The normalized spacial score (nSPS) is 18.4. The van der Waals surface area contributed by atoms with E-state index in [9.17, 15) is 4.79 Å². The highest BCUT2D eigenvalue weighted by atomic mass is 16.5. The van der Waals surface area contributed by atoms with E-state index >= 15 is 0 Å². The number of esters is 1. The van der Waals surface area contributed by atoms with Gasteiger partial charge < -0.3 is 4.74 Å². The number of carbonyl (C=O) groups is 1. The minimum atomic E-state index is -0.352. The van der Waals surface area contributed by atoms with Gasteiger partial charge in [0.05, 0.1) is 12.8 Å². The van der Waals surface area contributed by atoms with Crippen LogP contribution in [0.4, 0.5) is 0 Å². The summed E-state index contributed by atoms with van der Waals surface area (Å²) in [5.41, 5.74) is 2.24. The summed E-state index contributed by atoms with van der Waals surface area (Å²) >= 11 is 0. The summed E-state index contributed by atoms with van der Waals surface area (Å²) in [6.07, 6.45) is 6.78. The zero-order valence-electron chi connectivity index (χ0n) is 9.54. The Kier molecular flexibility index (Phi) is 3.50. The van der Waals surface area contributed by atoms with E-state index < -0.39 is 0 Å². The highest BCUT2D eigenvalue weighted by Crippen LogP contribution is 2.20. The van der Waals surface area contributed by atoms with Crippen molar-refractivity contribution >= 4 is 11.7 Å². The first-order valence-electron chi connectivity index (χ1n) is 5.37. The summed E-state index contributed by atoms with van der Waals surface area (Å²) in [6, 6.07) is 10.2. The van der Waals surface area contributed by atoms with Crippen molar-refractivity contribution in [3.05, 3.63) is 60.2 Å². The van der Waals surface area contributed by atoms with Crippen molar-refractivity contribution in [3.8, 4) is 0 Å². The average Bonchev–Trinajstić information content (AvgIpc) is 3.15. The molecule has 0 aliphatic carbocycles. The number of carbonyl (C=O) groups excluding carboxylic acids is 1. The zero-order chi connectivity index (χ0) is 12.1. The van der Waals surface area contributed by atoms with Crippen molar-refractivity contribution in [3.63, 3.8) is 0 Å². The van der Waals surface area contributed by atoms with Gasteiger partial charge >= 0.3 is 5.97 Å². The molecule has 86 valence electrons. The van der Waals surface area contributed by atoms with Gasteiger partial charge in [-0.05, 0) is 5.56 Å². The summed E-state index contributed by atoms with van der Waals surface area (Å²) < 4.78 is 4.48. The molecule has 1 aromatic carbocycles. The van der Waals surface area contributed by atoms with Crippen LogP contribution in [0.5, 0.6) is 0 Å². The van der Waals surface area contributed by atoms with Gasteiger partial charge in [0.1, 0.15) is 6.04 Å². The fraction of sp³-hybridized carbons (Fsp3) is 0.143. The Labute approximate surface area is 100 Å². The lowest BCUT2D eigenvalue weighted by atomic mass is 10.1. The first-order valence-corrected chi connectivity index (χ1v) is 5.37. The molecule has 3 nitrogen and oxygen atoms in total. The van der Waals surface area contributed by atoms with Gasteiger partial charge in [-0.3, -0.25) is 4.99 Å². The molecule has 0 N–H and O–H groups in total. The Morgan fingerprint density at radius 1 is 1.29 bits per heavy atom. The smallest absolute Gasteiger partial charge is 0.330 e. The molecule has 1 unspecified atom stereocenters. The molecule has 1 heterocycles. The molecule has 1 aliphatic rings. The Balaban J connectivity index is 1.84. The molecule has 0 bridgehead atoms. The number of aliphatic imine (C=N–C) groups is 1. The topological polar surface area (TPSA) is 38.7 Å². The first kappa shape index (κ1) is 11.3. The van der Waals surface area contributed by atoms with Crippen LogP contribution in [-0.4, -0.2) is 24.8 Å². The molecule has 3 heteroatoms. The number of allylic oxidation sites excluding steroid dienone is 2. The molecule has 2 rings (SSSR count). The SMILES string of the molecule is COC(=O)C=CC=CC1N=C1c1ccccc1. The molecule has 1 aliphatic heterocycles. The fourth-order valence-electron chi connectivity index (χ4n) is 1.47. The van der Waals surface area contributed by atoms with Crippen LogP contribution in [-0.2, 0) is 9.53 Å². The standard InChI is InChI=1S/C14H13NO2/c1-17-13(16)10-6-5-9-12-14(15-12)11-7-3-2-4-8-11/h2-10,12H,1H3. The quantitative estimate of drug-likeness (QED) is 0.449. The van der Waals surface area contributed by atoms with Crippen LogP contribution < -0.4 is 0 Å². The van der Waals surface area contributed by atoms with Gasteiger partial charge in [0.25, 0.3) is 0 Å². The van der Waals surface area contributed by atoms with Gasteiger partial charge in [-0.25, -0.2) is 4.79 Å². The summed E-state index contributed by atoms with van der Waals surface area (Å²) in [7, 11) is 1.36. The molecule has 0 saturated carbocycles. The van der Waals surface area contributed by atoms with E-state index in [0.717, 1.165) is 11.3 Å². The molecule has 1 atom stereocenters. The van der Waals surface area contributed by atoms with Crippen LogP contribution >= 0.6 is 0 Å². The van der Waals surface area contributed by atoms with Crippen molar-refractivity contribution in [1.29, 1.82) is 0 Å². The van der Waals surface area contributed by atoms with Crippen LogP contribution in [0.2, 0.25) is 0 Å². The van der Waals surface area contributed by atoms with E-state index in [2.05, 4.69) is 9.73 Å². The average molecular weight is 227 g/mol. The van der Waals surface area contributed by atoms with Gasteiger partial charge in [0.15, 0.2) is 0 Å². The molecule has 0 fully saturated rings. The van der Waals surface area contributed by atoms with Crippen molar-refractivity contribution in [2.45, 2.75) is 6.04 Å². The molecule has 0 spiro atoms. The number of rotatable bonds is 4. The zero-order valence-corrected chi connectivity index (χ0v) is 9.54. The Morgan fingerprint density at radius 3 is 2.76 bits per heavy atom. The van der Waals surface area contributed by atoms with E-state index in [0.29, 0.717) is 0 Å². The van der Waals surface area contributed by atoms with Crippen molar-refractivity contribution in [2.24, 2.45) is 4.99 Å². The Morgan fingerprint density at radius 2 is 2.06 bits per heavy atom. The number of nitrogens with zero attached hydrogens (tertiary/aromatic N) is 1. The van der Waals surface area contributed by atoms with Gasteiger partial charge in [-0.2, -0.15) is 0 Å². The van der Waals surface area contributed by atoms with Crippen LogP contribution in [0.15, 0.2) is 59.6 Å². The van der Waals surface area contributed by atoms with E-state index in [-0.39, 0.29) is 12.0 Å². The number of methoxy groups -OCH3 is 1. The van der Waals surface area contributed by atoms with Crippen LogP contribution in [0, 0.1) is 0 Å². The minimum absolute atomic E-state index is 0.152. The fourth-order valence-corrected chi connectivity index (χ4v) is 1.47. The van der Waals surface area contributed by atoms with Crippen LogP contribution in [0.1, 0.15) is 5.56 Å². The van der Waals surface area contributed by atoms with Gasteiger partial charge in [0, 0.05) is 6.08 Å². The van der Waals surface area contributed by atoms with Gasteiger partial charge in [-0.1, -0.05) is 48.6 Å². The summed E-state index contributed by atoms with van der Waals surface area (Å²) in [5.74, 6) is -0.352. The minimum Gasteiger partial charge on any atom is -0.466 e. The summed E-state index contributed by atoms with van der Waals surface area (Å²) in [6.45, 7) is 0. The molecule has 0 amide bonds. The lowest BCUT2D eigenvalue weighted by molar-refractivity contribution is -0.134.